The summed E-state index contributed by atoms with van der Waals surface area (Å²) in [5.74, 6) is -0.457. The van der Waals surface area contributed by atoms with Gasteiger partial charge in [-0.1, -0.05) is 42.5 Å². The SMILES string of the molecule is CN(C)Cc1ccccc1CNC(=O)CCS(=O)(=O)c1ccccc1. The number of nitrogens with one attached hydrogen (secondary N) is 1. The van der Waals surface area contributed by atoms with Gasteiger partial charge in [0.25, 0.3) is 0 Å². The fourth-order valence-electron chi connectivity index (χ4n) is 2.48. The van der Waals surface area contributed by atoms with Crippen LogP contribution in [0.4, 0.5) is 0 Å². The van der Waals surface area contributed by atoms with E-state index in [1.165, 1.54) is 0 Å². The molecule has 1 amide bonds. The number of carbonyl (C=O) groups is 1. The summed E-state index contributed by atoms with van der Waals surface area (Å²) in [5, 5.41) is 2.81. The molecule has 5 nitrogen and oxygen atoms in total. The highest BCUT2D eigenvalue weighted by molar-refractivity contribution is 7.91. The average molecular weight is 360 g/mol. The van der Waals surface area contributed by atoms with Crippen molar-refractivity contribution in [3.63, 3.8) is 0 Å². The number of hydrogen-bond acceptors (Lipinski definition) is 4. The van der Waals surface area contributed by atoms with Crippen LogP contribution in [0.5, 0.6) is 0 Å². The highest BCUT2D eigenvalue weighted by atomic mass is 32.2. The van der Waals surface area contributed by atoms with E-state index in [0.29, 0.717) is 6.54 Å². The zero-order valence-electron chi connectivity index (χ0n) is 14.6. The molecule has 134 valence electrons. The topological polar surface area (TPSA) is 66.5 Å². The van der Waals surface area contributed by atoms with E-state index >= 15 is 0 Å². The van der Waals surface area contributed by atoms with E-state index in [1.54, 1.807) is 30.3 Å². The lowest BCUT2D eigenvalue weighted by Crippen LogP contribution is -2.26. The lowest BCUT2D eigenvalue weighted by Gasteiger charge is -2.14. The maximum Gasteiger partial charge on any atom is 0.221 e. The molecule has 2 aromatic carbocycles. The van der Waals surface area contributed by atoms with Crippen molar-refractivity contribution in [2.24, 2.45) is 0 Å². The van der Waals surface area contributed by atoms with Gasteiger partial charge >= 0.3 is 0 Å². The van der Waals surface area contributed by atoms with Crippen LogP contribution in [0, 0.1) is 0 Å². The molecule has 0 bridgehead atoms. The second-order valence-electron chi connectivity index (χ2n) is 6.17. The molecule has 0 unspecified atom stereocenters. The molecule has 0 atom stereocenters. The zero-order chi connectivity index (χ0) is 18.3. The first-order chi connectivity index (χ1) is 11.9. The van der Waals surface area contributed by atoms with Crippen LogP contribution in [0.1, 0.15) is 17.5 Å². The summed E-state index contributed by atoms with van der Waals surface area (Å²) in [4.78, 5) is 14.4. The van der Waals surface area contributed by atoms with E-state index in [2.05, 4.69) is 10.2 Å². The van der Waals surface area contributed by atoms with Gasteiger partial charge in [0.2, 0.25) is 5.91 Å². The van der Waals surface area contributed by atoms with Crippen LogP contribution < -0.4 is 5.32 Å². The first-order valence-corrected chi connectivity index (χ1v) is 9.80. The van der Waals surface area contributed by atoms with Crippen molar-refractivity contribution in [3.8, 4) is 0 Å². The van der Waals surface area contributed by atoms with Crippen LogP contribution in [-0.4, -0.2) is 39.1 Å². The number of sulfone groups is 1. The lowest BCUT2D eigenvalue weighted by atomic mass is 10.1. The summed E-state index contributed by atoms with van der Waals surface area (Å²) in [6.45, 7) is 1.18. The molecule has 2 rings (SSSR count). The van der Waals surface area contributed by atoms with Gasteiger partial charge in [0.05, 0.1) is 10.6 Å². The molecule has 25 heavy (non-hydrogen) atoms. The third-order valence-electron chi connectivity index (χ3n) is 3.78. The molecule has 0 fully saturated rings. The average Bonchev–Trinajstić information content (AvgIpc) is 2.59. The van der Waals surface area contributed by atoms with Crippen molar-refractivity contribution in [1.29, 1.82) is 0 Å². The molecule has 0 aliphatic rings. The Morgan fingerprint density at radius 2 is 1.56 bits per heavy atom. The molecular formula is C19H24N2O3S. The summed E-state index contributed by atoms with van der Waals surface area (Å²) < 4.78 is 24.4. The van der Waals surface area contributed by atoms with Gasteiger partial charge in [-0.05, 0) is 37.4 Å². The third-order valence-corrected chi connectivity index (χ3v) is 5.51. The monoisotopic (exact) mass is 360 g/mol. The molecule has 6 heteroatoms. The van der Waals surface area contributed by atoms with Crippen molar-refractivity contribution in [2.45, 2.75) is 24.4 Å². The molecule has 0 aliphatic heterocycles. The van der Waals surface area contributed by atoms with Gasteiger partial charge < -0.3 is 10.2 Å². The smallest absolute Gasteiger partial charge is 0.221 e. The fourth-order valence-corrected chi connectivity index (χ4v) is 3.74. The van der Waals surface area contributed by atoms with E-state index in [-0.39, 0.29) is 23.0 Å². The van der Waals surface area contributed by atoms with Gasteiger partial charge in [-0.25, -0.2) is 8.42 Å². The zero-order valence-corrected chi connectivity index (χ0v) is 15.4. The Hall–Kier alpha value is -2.18. The van der Waals surface area contributed by atoms with Crippen LogP contribution in [0.3, 0.4) is 0 Å². The molecule has 0 saturated heterocycles. The molecule has 1 N–H and O–H groups in total. The summed E-state index contributed by atoms with van der Waals surface area (Å²) in [6.07, 6.45) is -0.0485. The number of nitrogens with zero attached hydrogens (tertiary/aromatic N) is 1. The summed E-state index contributed by atoms with van der Waals surface area (Å²) in [7, 11) is 0.550. The predicted octanol–water partition coefficient (Wildman–Crippen LogP) is 2.23. The van der Waals surface area contributed by atoms with Crippen molar-refractivity contribution in [2.75, 3.05) is 19.8 Å². The summed E-state index contributed by atoms with van der Waals surface area (Å²) in [5.41, 5.74) is 2.18. The van der Waals surface area contributed by atoms with Gasteiger partial charge in [-0.3, -0.25) is 4.79 Å². The Balaban J connectivity index is 1.90. The van der Waals surface area contributed by atoms with Gasteiger partial charge in [0.15, 0.2) is 9.84 Å². The van der Waals surface area contributed by atoms with E-state index in [9.17, 15) is 13.2 Å². The first kappa shape index (κ1) is 19.1. The van der Waals surface area contributed by atoms with Crippen molar-refractivity contribution in [1.82, 2.24) is 10.2 Å². The number of hydrogen-bond donors (Lipinski definition) is 1. The molecule has 2 aromatic rings. The summed E-state index contributed by atoms with van der Waals surface area (Å²) >= 11 is 0. The van der Waals surface area contributed by atoms with Crippen LogP contribution in [0.15, 0.2) is 59.5 Å². The Labute approximate surface area is 149 Å². The van der Waals surface area contributed by atoms with E-state index in [1.807, 2.05) is 38.4 Å². The van der Waals surface area contributed by atoms with Crippen molar-refractivity contribution >= 4 is 15.7 Å². The van der Waals surface area contributed by atoms with E-state index in [0.717, 1.165) is 17.7 Å². The molecule has 0 spiro atoms. The van der Waals surface area contributed by atoms with Crippen LogP contribution in [0.2, 0.25) is 0 Å². The maximum absolute atomic E-state index is 12.2. The Bertz CT molecular complexity index is 802. The molecule has 0 radical (unpaired) electrons. The minimum Gasteiger partial charge on any atom is -0.352 e. The minimum atomic E-state index is -3.43. The Morgan fingerprint density at radius 3 is 2.20 bits per heavy atom. The number of rotatable bonds is 8. The van der Waals surface area contributed by atoms with Crippen molar-refractivity contribution < 1.29 is 13.2 Å². The largest absolute Gasteiger partial charge is 0.352 e. The maximum atomic E-state index is 12.2. The van der Waals surface area contributed by atoms with Gasteiger partial charge in [-0.2, -0.15) is 0 Å². The Kier molecular flexibility index (Phi) is 6.73. The molecule has 0 aliphatic carbocycles. The van der Waals surface area contributed by atoms with E-state index in [4.69, 9.17) is 0 Å². The summed E-state index contributed by atoms with van der Waals surface area (Å²) in [6, 6.07) is 16.1. The number of amides is 1. The van der Waals surface area contributed by atoms with Crippen LogP contribution in [-0.2, 0) is 27.7 Å². The quantitative estimate of drug-likeness (QED) is 0.784. The molecule has 0 heterocycles. The van der Waals surface area contributed by atoms with Crippen LogP contribution in [0.25, 0.3) is 0 Å². The first-order valence-electron chi connectivity index (χ1n) is 8.14. The second-order valence-corrected chi connectivity index (χ2v) is 8.27. The second kappa shape index (κ2) is 8.78. The number of carbonyl (C=O) groups excluding carboxylic acids is 1. The van der Waals surface area contributed by atoms with Crippen LogP contribution >= 0.6 is 0 Å². The molecule has 0 saturated carbocycles. The third kappa shape index (κ3) is 5.99. The predicted molar refractivity (Wildman–Crippen MR) is 98.8 cm³/mol. The van der Waals surface area contributed by atoms with Crippen molar-refractivity contribution in [3.05, 3.63) is 65.7 Å². The standard InChI is InChI=1S/C19H24N2O3S/c1-21(2)15-17-9-7-6-8-16(17)14-20-19(22)12-13-25(23,24)18-10-4-3-5-11-18/h3-11H,12-15H2,1-2H3,(H,20,22). The minimum absolute atomic E-state index is 0.0485. The molecule has 0 aromatic heterocycles. The van der Waals surface area contributed by atoms with Gasteiger partial charge in [-0.15, -0.1) is 0 Å². The lowest BCUT2D eigenvalue weighted by molar-refractivity contribution is -0.120. The van der Waals surface area contributed by atoms with Gasteiger partial charge in [0.1, 0.15) is 0 Å². The normalized spacial score (nSPS) is 11.5. The fraction of sp³-hybridized carbons (Fsp3) is 0.316. The highest BCUT2D eigenvalue weighted by Crippen LogP contribution is 2.12. The van der Waals surface area contributed by atoms with Gasteiger partial charge in [0, 0.05) is 19.5 Å². The number of benzene rings is 2. The Morgan fingerprint density at radius 1 is 0.960 bits per heavy atom. The molecular weight excluding hydrogens is 336 g/mol. The van der Waals surface area contributed by atoms with E-state index < -0.39 is 9.84 Å². The highest BCUT2D eigenvalue weighted by Gasteiger charge is 2.16.